The van der Waals surface area contributed by atoms with Crippen LogP contribution in [0.15, 0.2) is 70.9 Å². The molecule has 3 aliphatic rings. The molecule has 4 heteroatoms. The summed E-state index contributed by atoms with van der Waals surface area (Å²) in [5.41, 5.74) is 8.15. The van der Waals surface area contributed by atoms with Crippen LogP contribution in [0.25, 0.3) is 0 Å². The van der Waals surface area contributed by atoms with E-state index in [1.165, 1.54) is 49.2 Å². The van der Waals surface area contributed by atoms with Crippen LogP contribution in [0.3, 0.4) is 0 Å². The van der Waals surface area contributed by atoms with Gasteiger partial charge in [0.15, 0.2) is 0 Å². The van der Waals surface area contributed by atoms with Gasteiger partial charge in [0, 0.05) is 11.6 Å². The van der Waals surface area contributed by atoms with Gasteiger partial charge < -0.3 is 0 Å². The van der Waals surface area contributed by atoms with E-state index in [1.54, 1.807) is 0 Å². The predicted molar refractivity (Wildman–Crippen MR) is 122 cm³/mol. The molecule has 2 fully saturated rings. The van der Waals surface area contributed by atoms with Gasteiger partial charge in [-0.15, -0.1) is 0 Å². The lowest BCUT2D eigenvalue weighted by molar-refractivity contribution is 0.323. The molecule has 2 aromatic carbocycles. The molecule has 150 valence electrons. The molecule has 0 saturated heterocycles. The Bertz CT molecular complexity index is 890. The number of para-hydroxylation sites is 2. The Morgan fingerprint density at radius 3 is 2.48 bits per heavy atom. The number of fused-ring (bicyclic) bond motifs is 1. The Labute approximate surface area is 173 Å². The van der Waals surface area contributed by atoms with Gasteiger partial charge in [-0.2, -0.15) is 10.2 Å². The summed E-state index contributed by atoms with van der Waals surface area (Å²) < 4.78 is 0. The van der Waals surface area contributed by atoms with Crippen molar-refractivity contribution in [2.24, 2.45) is 16.1 Å². The predicted octanol–water partition coefficient (Wildman–Crippen LogP) is 6.22. The molecule has 2 saturated carbocycles. The molecular weight excluding hydrogens is 356 g/mol. The highest BCUT2D eigenvalue weighted by atomic mass is 15.5. The van der Waals surface area contributed by atoms with Crippen LogP contribution < -0.4 is 10.4 Å². The third kappa shape index (κ3) is 3.57. The van der Waals surface area contributed by atoms with Crippen LogP contribution in [0.1, 0.15) is 57.8 Å². The van der Waals surface area contributed by atoms with Crippen LogP contribution in [0.4, 0.5) is 11.4 Å². The molecule has 0 unspecified atom stereocenters. The van der Waals surface area contributed by atoms with E-state index in [-0.39, 0.29) is 5.54 Å². The van der Waals surface area contributed by atoms with Crippen molar-refractivity contribution in [2.45, 2.75) is 63.3 Å². The monoisotopic (exact) mass is 386 g/mol. The molecule has 0 aromatic heterocycles. The second-order valence-corrected chi connectivity index (χ2v) is 8.66. The number of anilines is 2. The minimum atomic E-state index is -0.104. The lowest BCUT2D eigenvalue weighted by Crippen LogP contribution is -2.59. The number of benzene rings is 2. The maximum absolute atomic E-state index is 5.30. The minimum Gasteiger partial charge on any atom is -0.278 e. The lowest BCUT2D eigenvalue weighted by atomic mass is 9.69. The molecule has 1 spiro atoms. The van der Waals surface area contributed by atoms with Gasteiger partial charge in [0.1, 0.15) is 5.54 Å². The maximum Gasteiger partial charge on any atom is 0.104 e. The van der Waals surface area contributed by atoms with Gasteiger partial charge in [0.25, 0.3) is 0 Å². The number of hydrazone groups is 2. The highest BCUT2D eigenvalue weighted by Gasteiger charge is 2.49. The van der Waals surface area contributed by atoms with Crippen molar-refractivity contribution in [1.29, 1.82) is 0 Å². The van der Waals surface area contributed by atoms with E-state index in [0.717, 1.165) is 31.4 Å². The quantitative estimate of drug-likeness (QED) is 0.636. The fourth-order valence-electron chi connectivity index (χ4n) is 5.35. The summed E-state index contributed by atoms with van der Waals surface area (Å²) in [6.07, 6.45) is 10.8. The topological polar surface area (TPSA) is 40.0 Å². The summed E-state index contributed by atoms with van der Waals surface area (Å²) >= 11 is 0. The zero-order chi connectivity index (χ0) is 19.5. The molecule has 0 amide bonds. The van der Waals surface area contributed by atoms with Crippen LogP contribution in [0.5, 0.6) is 0 Å². The van der Waals surface area contributed by atoms with Crippen molar-refractivity contribution in [2.75, 3.05) is 10.4 Å². The molecule has 2 atom stereocenters. The summed E-state index contributed by atoms with van der Waals surface area (Å²) in [6.45, 7) is 0. The number of hydrogen-bond acceptors (Lipinski definition) is 4. The summed E-state index contributed by atoms with van der Waals surface area (Å²) in [5.74, 6) is 0.615. The zero-order valence-electron chi connectivity index (χ0n) is 17.1. The molecule has 0 radical (unpaired) electrons. The third-order valence-corrected chi connectivity index (χ3v) is 6.81. The SMILES string of the molecule is c1ccc(N/N=C2\CCCC[C@]23C[C@@H]2CCCCC2=NN3c2ccccc2)cc1. The average Bonchev–Trinajstić information content (AvgIpc) is 2.79. The van der Waals surface area contributed by atoms with Crippen LogP contribution in [-0.4, -0.2) is 17.0 Å². The summed E-state index contributed by atoms with van der Waals surface area (Å²) in [5, 5.41) is 12.6. The van der Waals surface area contributed by atoms with Crippen molar-refractivity contribution in [3.05, 3.63) is 60.7 Å². The molecule has 29 heavy (non-hydrogen) atoms. The maximum atomic E-state index is 5.30. The van der Waals surface area contributed by atoms with Crippen molar-refractivity contribution in [3.63, 3.8) is 0 Å². The Morgan fingerprint density at radius 2 is 1.66 bits per heavy atom. The first kappa shape index (κ1) is 18.4. The Kier molecular flexibility index (Phi) is 5.09. The summed E-state index contributed by atoms with van der Waals surface area (Å²) in [7, 11) is 0. The van der Waals surface area contributed by atoms with Gasteiger partial charge in [-0.25, -0.2) is 0 Å². The first-order chi connectivity index (χ1) is 14.4. The Balaban J connectivity index is 1.56. The normalized spacial score (nSPS) is 28.1. The number of rotatable bonds is 3. The van der Waals surface area contributed by atoms with Crippen LogP contribution >= 0.6 is 0 Å². The molecule has 0 bridgehead atoms. The zero-order valence-corrected chi connectivity index (χ0v) is 17.1. The largest absolute Gasteiger partial charge is 0.278 e. The third-order valence-electron chi connectivity index (χ3n) is 6.81. The summed E-state index contributed by atoms with van der Waals surface area (Å²) in [6, 6.07) is 21.0. The number of nitrogens with zero attached hydrogens (tertiary/aromatic N) is 3. The van der Waals surface area contributed by atoms with Crippen molar-refractivity contribution < 1.29 is 0 Å². The second kappa shape index (κ2) is 8.02. The summed E-state index contributed by atoms with van der Waals surface area (Å²) in [4.78, 5) is 0. The highest BCUT2D eigenvalue weighted by molar-refractivity contribution is 6.01. The van der Waals surface area contributed by atoms with E-state index in [2.05, 4.69) is 65.0 Å². The van der Waals surface area contributed by atoms with Crippen LogP contribution in [0.2, 0.25) is 0 Å². The Morgan fingerprint density at radius 1 is 0.897 bits per heavy atom. The molecular formula is C25H30N4. The second-order valence-electron chi connectivity index (χ2n) is 8.66. The van der Waals surface area contributed by atoms with Gasteiger partial charge in [0.2, 0.25) is 0 Å². The van der Waals surface area contributed by atoms with E-state index in [9.17, 15) is 0 Å². The van der Waals surface area contributed by atoms with Gasteiger partial charge in [-0.05, 0) is 69.2 Å². The molecule has 1 heterocycles. The van der Waals surface area contributed by atoms with Gasteiger partial charge in [-0.1, -0.05) is 49.2 Å². The van der Waals surface area contributed by atoms with Gasteiger partial charge in [0.05, 0.1) is 17.1 Å². The highest BCUT2D eigenvalue weighted by Crippen LogP contribution is 2.45. The fourth-order valence-corrected chi connectivity index (χ4v) is 5.35. The van der Waals surface area contributed by atoms with E-state index >= 15 is 0 Å². The average molecular weight is 387 g/mol. The van der Waals surface area contributed by atoms with Crippen molar-refractivity contribution in [1.82, 2.24) is 0 Å². The molecule has 4 nitrogen and oxygen atoms in total. The lowest BCUT2D eigenvalue weighted by Gasteiger charge is -2.51. The van der Waals surface area contributed by atoms with Gasteiger partial charge >= 0.3 is 0 Å². The Hall–Kier alpha value is -2.62. The van der Waals surface area contributed by atoms with Crippen LogP contribution in [0, 0.1) is 5.92 Å². The molecule has 2 aliphatic carbocycles. The standard InChI is InChI=1S/C25H30N4/c1-3-12-21(13-4-1)26-27-24-17-9-10-18-25(24)19-20-11-7-8-16-23(20)28-29(25)22-14-5-2-6-15-22/h1-6,12-15,20,26H,7-11,16-19H2/b27-24+/t20-,25-/m0/s1. The van der Waals surface area contributed by atoms with E-state index in [0.29, 0.717) is 5.92 Å². The smallest absolute Gasteiger partial charge is 0.104 e. The number of nitrogens with one attached hydrogen (secondary N) is 1. The molecule has 1 N–H and O–H groups in total. The minimum absolute atomic E-state index is 0.104. The van der Waals surface area contributed by atoms with E-state index < -0.39 is 0 Å². The van der Waals surface area contributed by atoms with E-state index in [4.69, 9.17) is 10.2 Å². The first-order valence-electron chi connectivity index (χ1n) is 11.2. The molecule has 5 rings (SSSR count). The van der Waals surface area contributed by atoms with Crippen molar-refractivity contribution in [3.8, 4) is 0 Å². The fraction of sp³-hybridized carbons (Fsp3) is 0.440. The first-order valence-corrected chi connectivity index (χ1v) is 11.2. The van der Waals surface area contributed by atoms with Crippen molar-refractivity contribution >= 4 is 22.8 Å². The molecule has 1 aliphatic heterocycles. The van der Waals surface area contributed by atoms with E-state index in [1.807, 2.05) is 6.07 Å². The number of hydrogen-bond donors (Lipinski definition) is 1. The molecule has 2 aromatic rings. The van der Waals surface area contributed by atoms with Crippen LogP contribution in [-0.2, 0) is 0 Å². The van der Waals surface area contributed by atoms with Gasteiger partial charge in [-0.3, -0.25) is 10.4 Å².